The van der Waals surface area contributed by atoms with Gasteiger partial charge in [0.1, 0.15) is 0 Å². The Morgan fingerprint density at radius 1 is 1.33 bits per heavy atom. The average molecular weight is 331 g/mol. The molecule has 0 aliphatic carbocycles. The molecule has 2 aromatic carbocycles. The van der Waals surface area contributed by atoms with Crippen LogP contribution in [0.1, 0.15) is 15.9 Å². The van der Waals surface area contributed by atoms with Gasteiger partial charge in [0.25, 0.3) is 0 Å². The SMILES string of the molecule is COc1cc(/C=N/Nc2ccc(C(=O)O)cc2)cc([N+](=O)[O-])c1O. The molecule has 0 unspecified atom stereocenters. The summed E-state index contributed by atoms with van der Waals surface area (Å²) in [7, 11) is 1.28. The lowest BCUT2D eigenvalue weighted by atomic mass is 10.2. The first-order chi connectivity index (χ1) is 11.4. The van der Waals surface area contributed by atoms with Crippen LogP contribution < -0.4 is 10.2 Å². The topological polar surface area (TPSA) is 134 Å². The molecule has 0 saturated heterocycles. The van der Waals surface area contributed by atoms with Crippen LogP contribution >= 0.6 is 0 Å². The number of hydrogen-bond acceptors (Lipinski definition) is 7. The number of carboxylic acid groups (broad SMARTS) is 1. The molecule has 0 bridgehead atoms. The van der Waals surface area contributed by atoms with Crippen molar-refractivity contribution in [1.29, 1.82) is 0 Å². The number of phenols is 1. The molecule has 0 saturated carbocycles. The summed E-state index contributed by atoms with van der Waals surface area (Å²) in [5.41, 5.74) is 3.18. The smallest absolute Gasteiger partial charge is 0.335 e. The van der Waals surface area contributed by atoms with Crippen LogP contribution in [0.4, 0.5) is 11.4 Å². The lowest BCUT2D eigenvalue weighted by molar-refractivity contribution is -0.386. The first-order valence-corrected chi connectivity index (χ1v) is 6.60. The minimum Gasteiger partial charge on any atom is -0.500 e. The van der Waals surface area contributed by atoms with E-state index < -0.39 is 22.3 Å². The average Bonchev–Trinajstić information content (AvgIpc) is 2.56. The van der Waals surface area contributed by atoms with Crippen LogP contribution in [-0.4, -0.2) is 34.4 Å². The lowest BCUT2D eigenvalue weighted by Crippen LogP contribution is -1.97. The van der Waals surface area contributed by atoms with Gasteiger partial charge in [-0.15, -0.1) is 0 Å². The number of rotatable bonds is 6. The van der Waals surface area contributed by atoms with E-state index in [1.165, 1.54) is 43.7 Å². The van der Waals surface area contributed by atoms with Gasteiger partial charge >= 0.3 is 11.7 Å². The molecule has 0 heterocycles. The highest BCUT2D eigenvalue weighted by atomic mass is 16.6. The molecule has 0 aromatic heterocycles. The maximum Gasteiger partial charge on any atom is 0.335 e. The number of benzene rings is 2. The summed E-state index contributed by atoms with van der Waals surface area (Å²) >= 11 is 0. The number of carbonyl (C=O) groups is 1. The Balaban J connectivity index is 2.18. The molecule has 9 nitrogen and oxygen atoms in total. The van der Waals surface area contributed by atoms with Gasteiger partial charge in [-0.05, 0) is 30.3 Å². The third-order valence-corrected chi connectivity index (χ3v) is 3.03. The summed E-state index contributed by atoms with van der Waals surface area (Å²) in [4.78, 5) is 20.9. The third kappa shape index (κ3) is 3.77. The number of carboxylic acids is 1. The Bertz CT molecular complexity index is 802. The Labute approximate surface area is 136 Å². The largest absolute Gasteiger partial charge is 0.500 e. The summed E-state index contributed by atoms with van der Waals surface area (Å²) in [6.07, 6.45) is 1.31. The van der Waals surface area contributed by atoms with E-state index in [-0.39, 0.29) is 11.3 Å². The summed E-state index contributed by atoms with van der Waals surface area (Å²) in [6.45, 7) is 0. The Morgan fingerprint density at radius 3 is 2.54 bits per heavy atom. The van der Waals surface area contributed by atoms with Gasteiger partial charge in [0.2, 0.25) is 5.75 Å². The van der Waals surface area contributed by atoms with E-state index in [1.54, 1.807) is 0 Å². The van der Waals surface area contributed by atoms with Gasteiger partial charge in [0.05, 0.1) is 29.5 Å². The Morgan fingerprint density at radius 2 is 2.00 bits per heavy atom. The van der Waals surface area contributed by atoms with Crippen LogP contribution in [0.3, 0.4) is 0 Å². The van der Waals surface area contributed by atoms with Crippen molar-refractivity contribution in [2.75, 3.05) is 12.5 Å². The molecular formula is C15H13N3O6. The molecule has 2 aromatic rings. The van der Waals surface area contributed by atoms with Gasteiger partial charge in [-0.3, -0.25) is 15.5 Å². The number of nitro benzene ring substituents is 1. The number of nitrogens with one attached hydrogen (secondary N) is 1. The predicted octanol–water partition coefficient (Wildman–Crippen LogP) is 2.45. The van der Waals surface area contributed by atoms with E-state index in [9.17, 15) is 20.0 Å². The highest BCUT2D eigenvalue weighted by Gasteiger charge is 2.19. The van der Waals surface area contributed by atoms with Crippen molar-refractivity contribution < 1.29 is 24.7 Å². The third-order valence-electron chi connectivity index (χ3n) is 3.03. The molecule has 0 radical (unpaired) electrons. The molecule has 0 atom stereocenters. The van der Waals surface area contributed by atoms with E-state index in [4.69, 9.17) is 9.84 Å². The standard InChI is InChI=1S/C15H13N3O6/c1-24-13-7-9(6-12(14(13)19)18(22)23)8-16-17-11-4-2-10(3-5-11)15(20)21/h2-8,17,19H,1H3,(H,20,21)/b16-8+. The number of methoxy groups -OCH3 is 1. The van der Waals surface area contributed by atoms with Gasteiger partial charge in [-0.1, -0.05) is 0 Å². The van der Waals surface area contributed by atoms with Crippen molar-refractivity contribution in [1.82, 2.24) is 0 Å². The van der Waals surface area contributed by atoms with Crippen molar-refractivity contribution in [2.24, 2.45) is 5.10 Å². The zero-order valence-electron chi connectivity index (χ0n) is 12.5. The highest BCUT2D eigenvalue weighted by Crippen LogP contribution is 2.36. The molecule has 9 heteroatoms. The summed E-state index contributed by atoms with van der Waals surface area (Å²) in [5.74, 6) is -1.64. The maximum atomic E-state index is 10.9. The van der Waals surface area contributed by atoms with E-state index >= 15 is 0 Å². The number of anilines is 1. The number of aromatic hydroxyl groups is 1. The fraction of sp³-hybridized carbons (Fsp3) is 0.0667. The molecule has 2 rings (SSSR count). The number of nitrogens with zero attached hydrogens (tertiary/aromatic N) is 2. The van der Waals surface area contributed by atoms with Crippen molar-refractivity contribution >= 4 is 23.6 Å². The first-order valence-electron chi connectivity index (χ1n) is 6.60. The number of hydrazone groups is 1. The normalized spacial score (nSPS) is 10.5. The van der Waals surface area contributed by atoms with Crippen LogP contribution in [-0.2, 0) is 0 Å². The maximum absolute atomic E-state index is 10.9. The van der Waals surface area contributed by atoms with Crippen LogP contribution in [0.15, 0.2) is 41.5 Å². The lowest BCUT2D eigenvalue weighted by Gasteiger charge is -2.05. The zero-order valence-corrected chi connectivity index (χ0v) is 12.5. The molecule has 124 valence electrons. The predicted molar refractivity (Wildman–Crippen MR) is 85.9 cm³/mol. The monoisotopic (exact) mass is 331 g/mol. The summed E-state index contributed by atoms with van der Waals surface area (Å²) < 4.78 is 4.88. The van der Waals surface area contributed by atoms with Crippen molar-refractivity contribution in [2.45, 2.75) is 0 Å². The fourth-order valence-corrected chi connectivity index (χ4v) is 1.85. The van der Waals surface area contributed by atoms with Crippen LogP contribution in [0.25, 0.3) is 0 Å². The number of nitro groups is 1. The summed E-state index contributed by atoms with van der Waals surface area (Å²) in [6, 6.07) is 8.42. The number of aromatic carboxylic acids is 1. The quantitative estimate of drug-likeness (QED) is 0.420. The first kappa shape index (κ1) is 16.7. The molecule has 0 aliphatic rings. The van der Waals surface area contributed by atoms with Crippen molar-refractivity contribution in [3.05, 3.63) is 57.6 Å². The highest BCUT2D eigenvalue weighted by molar-refractivity contribution is 5.88. The van der Waals surface area contributed by atoms with Gasteiger partial charge in [0.15, 0.2) is 5.75 Å². The van der Waals surface area contributed by atoms with Crippen LogP contribution in [0, 0.1) is 10.1 Å². The van der Waals surface area contributed by atoms with Crippen LogP contribution in [0.5, 0.6) is 11.5 Å². The molecule has 0 spiro atoms. The Kier molecular flexibility index (Phi) is 4.95. The number of hydrogen-bond donors (Lipinski definition) is 3. The van der Waals surface area contributed by atoms with Gasteiger partial charge in [0, 0.05) is 11.6 Å². The molecule has 0 amide bonds. The molecule has 0 aliphatic heterocycles. The second-order valence-electron chi connectivity index (χ2n) is 4.60. The van der Waals surface area contributed by atoms with Gasteiger partial charge in [-0.2, -0.15) is 5.10 Å². The fourth-order valence-electron chi connectivity index (χ4n) is 1.85. The second kappa shape index (κ2) is 7.09. The van der Waals surface area contributed by atoms with E-state index in [0.717, 1.165) is 6.07 Å². The molecule has 0 fully saturated rings. The van der Waals surface area contributed by atoms with Crippen LogP contribution in [0.2, 0.25) is 0 Å². The molecule has 3 N–H and O–H groups in total. The minimum absolute atomic E-state index is 0.0449. The second-order valence-corrected chi connectivity index (χ2v) is 4.60. The molecule has 24 heavy (non-hydrogen) atoms. The van der Waals surface area contributed by atoms with E-state index in [2.05, 4.69) is 10.5 Å². The Hall–Kier alpha value is -3.62. The van der Waals surface area contributed by atoms with E-state index in [1.807, 2.05) is 0 Å². The van der Waals surface area contributed by atoms with E-state index in [0.29, 0.717) is 11.3 Å². The number of ether oxygens (including phenoxy) is 1. The van der Waals surface area contributed by atoms with Gasteiger partial charge in [-0.25, -0.2) is 4.79 Å². The minimum atomic E-state index is -1.03. The number of phenolic OH excluding ortho intramolecular Hbond substituents is 1. The zero-order chi connectivity index (χ0) is 17.7. The molecular weight excluding hydrogens is 318 g/mol. The van der Waals surface area contributed by atoms with Crippen molar-refractivity contribution in [3.63, 3.8) is 0 Å². The summed E-state index contributed by atoms with van der Waals surface area (Å²) in [5, 5.41) is 33.3. The van der Waals surface area contributed by atoms with Gasteiger partial charge < -0.3 is 14.9 Å². The van der Waals surface area contributed by atoms with Crippen molar-refractivity contribution in [3.8, 4) is 11.5 Å².